The van der Waals surface area contributed by atoms with E-state index < -0.39 is 50.7 Å². The van der Waals surface area contributed by atoms with Crippen molar-refractivity contribution in [1.82, 2.24) is 0 Å². The van der Waals surface area contributed by atoms with Gasteiger partial charge in [-0.05, 0) is 123 Å². The second kappa shape index (κ2) is 21.6. The van der Waals surface area contributed by atoms with Crippen LogP contribution in [0.3, 0.4) is 0 Å². The SMILES string of the molecule is CC(=O)c1ccc(Cc2ccc([S+](c3ccc(Sc4ccc(C(C)=O)cc4)cc3)c3ccc(Sc4ccc(C(C)=O)cc4)cc3)cc2)cc1.CS(=O)(=O)[C-](S(=O)(=O)C(F)(F)F)S(=O)(=O)C(F)(F)F. The molecule has 6 rings (SSSR count). The molecule has 0 aliphatic carbocycles. The molecule has 0 aliphatic rings. The fraction of sp³-hybridized carbons (Fsp3) is 0.149. The molecule has 0 atom stereocenters. The number of alkyl halides is 6. The van der Waals surface area contributed by atoms with Crippen molar-refractivity contribution in [3.63, 3.8) is 0 Å². The van der Waals surface area contributed by atoms with Crippen molar-refractivity contribution in [3.8, 4) is 0 Å². The molecule has 0 aromatic heterocycles. The van der Waals surface area contributed by atoms with Gasteiger partial charge in [0.2, 0.25) is 0 Å². The molecule has 0 fully saturated rings. The third-order valence-electron chi connectivity index (χ3n) is 9.39. The van der Waals surface area contributed by atoms with E-state index in [-0.39, 0.29) is 28.2 Å². The van der Waals surface area contributed by atoms with Gasteiger partial charge in [-0.25, -0.2) is 0 Å². The van der Waals surface area contributed by atoms with Crippen molar-refractivity contribution < 1.29 is 66.0 Å². The van der Waals surface area contributed by atoms with Gasteiger partial charge in [-0.2, -0.15) is 26.3 Å². The highest BCUT2D eigenvalue weighted by Crippen LogP contribution is 2.43. The summed E-state index contributed by atoms with van der Waals surface area (Å²) in [6.45, 7) is 4.76. The predicted octanol–water partition coefficient (Wildman–Crippen LogP) is 11.6. The first-order valence-corrected chi connectivity index (χ1v) is 27.2. The molecule has 0 bridgehead atoms. The van der Waals surface area contributed by atoms with Gasteiger partial charge >= 0.3 is 11.0 Å². The zero-order valence-electron chi connectivity index (χ0n) is 36.0. The molecule has 6 aromatic rings. The first-order chi connectivity index (χ1) is 31.6. The van der Waals surface area contributed by atoms with Gasteiger partial charge in [0.25, 0.3) is 0 Å². The van der Waals surface area contributed by atoms with Crippen LogP contribution in [0.2, 0.25) is 0 Å². The molecule has 0 saturated heterocycles. The highest BCUT2D eigenvalue weighted by atomic mass is 32.3. The lowest BCUT2D eigenvalue weighted by molar-refractivity contribution is -0.0450. The van der Waals surface area contributed by atoms with Crippen LogP contribution in [0.25, 0.3) is 0 Å². The van der Waals surface area contributed by atoms with E-state index >= 15 is 0 Å². The van der Waals surface area contributed by atoms with Gasteiger partial charge < -0.3 is 0 Å². The van der Waals surface area contributed by atoms with Gasteiger partial charge in [0.05, 0.1) is 24.6 Å². The van der Waals surface area contributed by atoms with Gasteiger partial charge in [0, 0.05) is 42.5 Å². The number of carbonyl (C=O) groups excluding carboxylic acids is 3. The second-order valence-corrected chi connectivity index (χ2v) is 25.4. The number of carbonyl (C=O) groups is 3. The molecule has 358 valence electrons. The molecule has 0 N–H and O–H groups in total. The molecule has 0 radical (unpaired) electrons. The van der Waals surface area contributed by atoms with Crippen LogP contribution in [-0.2, 0) is 46.8 Å². The van der Waals surface area contributed by atoms with Gasteiger partial charge in [-0.15, -0.1) is 0 Å². The molecule has 0 unspecified atom stereocenters. The number of hydrogen-bond acceptors (Lipinski definition) is 11. The quantitative estimate of drug-likeness (QED) is 0.0418. The summed E-state index contributed by atoms with van der Waals surface area (Å²) in [6.07, 6.45) is 0.389. The van der Waals surface area contributed by atoms with E-state index in [0.717, 1.165) is 42.7 Å². The Kier molecular flexibility index (Phi) is 17.1. The Balaban J connectivity index is 0.000000385. The Morgan fingerprint density at radius 3 is 0.926 bits per heavy atom. The van der Waals surface area contributed by atoms with E-state index in [1.807, 2.05) is 72.8 Å². The van der Waals surface area contributed by atoms with Crippen LogP contribution in [0, 0.1) is 3.91 Å². The lowest BCUT2D eigenvalue weighted by Gasteiger charge is -2.29. The number of ketones is 3. The minimum Gasteiger partial charge on any atom is -0.295 e. The molecule has 0 amide bonds. The second-order valence-electron chi connectivity index (χ2n) is 14.6. The molecule has 0 aliphatic heterocycles. The molecule has 0 heterocycles. The number of rotatable bonds is 15. The average Bonchev–Trinajstić information content (AvgIpc) is 3.25. The molecule has 0 saturated carbocycles. The number of hydrogen-bond donors (Lipinski definition) is 0. The lowest BCUT2D eigenvalue weighted by Crippen LogP contribution is -2.42. The molecule has 6 aromatic carbocycles. The smallest absolute Gasteiger partial charge is 0.295 e. The number of halogens is 6. The summed E-state index contributed by atoms with van der Waals surface area (Å²) in [6, 6.07) is 49.8. The summed E-state index contributed by atoms with van der Waals surface area (Å²) in [5.74, 6) is 0.214. The van der Waals surface area contributed by atoms with Crippen LogP contribution in [0.15, 0.2) is 180 Å². The van der Waals surface area contributed by atoms with E-state index in [1.54, 1.807) is 44.3 Å². The van der Waals surface area contributed by atoms with Crippen LogP contribution < -0.4 is 0 Å². The predicted molar refractivity (Wildman–Crippen MR) is 250 cm³/mol. The Hall–Kier alpha value is -5.19. The summed E-state index contributed by atoms with van der Waals surface area (Å²) in [5, 5.41) is 0. The topological polar surface area (TPSA) is 154 Å². The largest absolute Gasteiger partial charge is 0.470 e. The van der Waals surface area contributed by atoms with Gasteiger partial charge in [-0.3, -0.25) is 39.6 Å². The monoisotopic (exact) mass is 1050 g/mol. The molecule has 9 nitrogen and oxygen atoms in total. The molecule has 68 heavy (non-hydrogen) atoms. The fourth-order valence-electron chi connectivity index (χ4n) is 6.05. The van der Waals surface area contributed by atoms with Gasteiger partial charge in [0.15, 0.2) is 51.7 Å². The zero-order valence-corrected chi connectivity index (χ0v) is 40.9. The van der Waals surface area contributed by atoms with Crippen molar-refractivity contribution in [2.75, 3.05) is 6.26 Å². The Bertz CT molecular complexity index is 2820. The third-order valence-corrected chi connectivity index (χ3v) is 20.8. The summed E-state index contributed by atoms with van der Waals surface area (Å²) >= 11 is 3.36. The molecule has 0 spiro atoms. The van der Waals surface area contributed by atoms with Crippen molar-refractivity contribution in [3.05, 3.63) is 177 Å². The Morgan fingerprint density at radius 2 is 0.676 bits per heavy atom. The number of Topliss-reactive ketones (excluding diaryl/α,β-unsaturated/α-hetero) is 3. The van der Waals surface area contributed by atoms with Crippen molar-refractivity contribution in [1.29, 1.82) is 0 Å². The Morgan fingerprint density at radius 1 is 0.441 bits per heavy atom. The summed E-state index contributed by atoms with van der Waals surface area (Å²) in [4.78, 5) is 43.2. The fourth-order valence-corrected chi connectivity index (χ4v) is 15.6. The van der Waals surface area contributed by atoms with Crippen LogP contribution in [0.4, 0.5) is 26.3 Å². The molecule has 21 heteroatoms. The van der Waals surface area contributed by atoms with E-state index in [4.69, 9.17) is 0 Å². The first kappa shape index (κ1) is 53.8. The summed E-state index contributed by atoms with van der Waals surface area (Å²) in [5.41, 5.74) is -8.49. The van der Waals surface area contributed by atoms with Gasteiger partial charge in [0.1, 0.15) is 0 Å². The minimum absolute atomic E-state index is 0.0687. The first-order valence-electron chi connectivity index (χ1n) is 19.5. The lowest BCUT2D eigenvalue weighted by atomic mass is 10.0. The Labute approximate surface area is 400 Å². The maximum atomic E-state index is 12.0. The minimum atomic E-state index is -7.22. The van der Waals surface area contributed by atoms with Crippen molar-refractivity contribution in [2.45, 2.75) is 72.5 Å². The normalized spacial score (nSPS) is 12.4. The molecular weight excluding hydrogens is 1010 g/mol. The van der Waals surface area contributed by atoms with Crippen molar-refractivity contribution >= 4 is 81.3 Å². The van der Waals surface area contributed by atoms with Crippen LogP contribution in [0.5, 0.6) is 0 Å². The van der Waals surface area contributed by atoms with Crippen LogP contribution >= 0.6 is 23.5 Å². The van der Waals surface area contributed by atoms with E-state index in [2.05, 4.69) is 72.8 Å². The van der Waals surface area contributed by atoms with Crippen LogP contribution in [-0.4, -0.2) is 59.9 Å². The summed E-state index contributed by atoms with van der Waals surface area (Å²) in [7, 11) is -20.6. The average molecular weight is 1050 g/mol. The maximum Gasteiger partial charge on any atom is 0.470 e. The van der Waals surface area contributed by atoms with E-state index in [9.17, 15) is 66.0 Å². The maximum absolute atomic E-state index is 12.0. The summed E-state index contributed by atoms with van der Waals surface area (Å²) < 4.78 is 133. The van der Waals surface area contributed by atoms with Crippen LogP contribution in [0.1, 0.15) is 63.0 Å². The highest BCUT2D eigenvalue weighted by molar-refractivity contribution is 8.29. The third kappa shape index (κ3) is 13.5. The number of benzene rings is 6. The van der Waals surface area contributed by atoms with E-state index in [0.29, 0.717) is 0 Å². The van der Waals surface area contributed by atoms with E-state index in [1.165, 1.54) is 25.8 Å². The zero-order chi connectivity index (χ0) is 50.4. The highest BCUT2D eigenvalue weighted by Gasteiger charge is 2.57. The molecular formula is C47H38F6O9S6. The van der Waals surface area contributed by atoms with Crippen molar-refractivity contribution in [2.24, 2.45) is 0 Å². The van der Waals surface area contributed by atoms with Gasteiger partial charge in [-0.1, -0.05) is 84.2 Å². The standard InChI is InChI=1S/C43H35O3S3.C4H3F6O6S3/c1-29(44)34-8-4-32(5-9-34)28-33-6-22-41(23-7-33)49(42-24-18-39(19-25-42)47-37-14-10-35(11-15-37)30(2)45)43-26-20-40(21-27-43)48-38-16-12-36(13-17-38)31(3)46;1-17(11,12)2(18(13,14)3(5,6)7)19(15,16)4(8,9)10/h4-27H,28H2,1-3H3;1H3/q+1;-1. The number of sulfone groups is 3.